The van der Waals surface area contributed by atoms with E-state index in [1.54, 1.807) is 19.4 Å². The first-order valence-corrected chi connectivity index (χ1v) is 8.96. The summed E-state index contributed by atoms with van der Waals surface area (Å²) in [6.07, 6.45) is 5.92. The number of amides is 1. The lowest BCUT2D eigenvalue weighted by Gasteiger charge is -2.26. The molecular weight excluding hydrogens is 346 g/mol. The molecule has 1 amide bonds. The first kappa shape index (κ1) is 18.7. The van der Waals surface area contributed by atoms with Crippen molar-refractivity contribution < 1.29 is 19.4 Å². The molecule has 0 spiro atoms. The van der Waals surface area contributed by atoms with Crippen molar-refractivity contribution in [1.29, 1.82) is 0 Å². The topological polar surface area (TPSA) is 84.7 Å². The van der Waals surface area contributed by atoms with Crippen LogP contribution in [0.15, 0.2) is 54.3 Å². The number of esters is 1. The van der Waals surface area contributed by atoms with Crippen LogP contribution in [0, 0.1) is 6.92 Å². The lowest BCUT2D eigenvalue weighted by molar-refractivity contribution is -0.139. The third-order valence-electron chi connectivity index (χ3n) is 4.57. The molecule has 1 N–H and O–H groups in total. The zero-order valence-corrected chi connectivity index (χ0v) is 15.5. The van der Waals surface area contributed by atoms with Crippen LogP contribution in [0.5, 0.6) is 0 Å². The van der Waals surface area contributed by atoms with E-state index in [4.69, 9.17) is 4.74 Å². The Hall–Kier alpha value is -3.09. The largest absolute Gasteiger partial charge is 0.503 e. The number of aliphatic hydroxyl groups excluding tert-OH is 1. The van der Waals surface area contributed by atoms with Gasteiger partial charge in [0.25, 0.3) is 5.91 Å². The van der Waals surface area contributed by atoms with Gasteiger partial charge < -0.3 is 19.3 Å². The van der Waals surface area contributed by atoms with Crippen molar-refractivity contribution in [2.45, 2.75) is 32.9 Å². The van der Waals surface area contributed by atoms with Crippen LogP contribution >= 0.6 is 0 Å². The van der Waals surface area contributed by atoms with E-state index in [1.165, 1.54) is 4.90 Å². The van der Waals surface area contributed by atoms with Gasteiger partial charge in [0.1, 0.15) is 5.57 Å². The van der Waals surface area contributed by atoms with Crippen LogP contribution in [0.2, 0.25) is 0 Å². The van der Waals surface area contributed by atoms with E-state index in [1.807, 2.05) is 42.0 Å². The fourth-order valence-electron chi connectivity index (χ4n) is 3.24. The van der Waals surface area contributed by atoms with Gasteiger partial charge in [0.15, 0.2) is 5.76 Å². The molecule has 0 unspecified atom stereocenters. The Morgan fingerprint density at radius 2 is 2.00 bits per heavy atom. The molecule has 1 aliphatic heterocycles. The summed E-state index contributed by atoms with van der Waals surface area (Å²) in [4.78, 5) is 30.6. The molecular formula is C20H23N3O4. The molecule has 0 fully saturated rings. The van der Waals surface area contributed by atoms with Gasteiger partial charge in [0.2, 0.25) is 0 Å². The van der Waals surface area contributed by atoms with Crippen LogP contribution < -0.4 is 0 Å². The molecule has 1 aromatic heterocycles. The highest BCUT2D eigenvalue weighted by atomic mass is 16.5. The maximum Gasteiger partial charge on any atom is 0.340 e. The van der Waals surface area contributed by atoms with Crippen molar-refractivity contribution in [2.75, 3.05) is 13.2 Å². The Labute approximate surface area is 157 Å². The van der Waals surface area contributed by atoms with Crippen LogP contribution in [0.3, 0.4) is 0 Å². The molecule has 3 rings (SSSR count). The minimum Gasteiger partial charge on any atom is -0.503 e. The molecule has 2 heterocycles. The summed E-state index contributed by atoms with van der Waals surface area (Å²) >= 11 is 0. The maximum atomic E-state index is 12.7. The zero-order valence-electron chi connectivity index (χ0n) is 15.5. The summed E-state index contributed by atoms with van der Waals surface area (Å²) < 4.78 is 7.00. The summed E-state index contributed by atoms with van der Waals surface area (Å²) in [5, 5.41) is 10.4. The summed E-state index contributed by atoms with van der Waals surface area (Å²) in [6, 6.07) is 6.92. The molecule has 27 heavy (non-hydrogen) atoms. The van der Waals surface area contributed by atoms with E-state index in [-0.39, 0.29) is 12.2 Å². The fraction of sp³-hybridized carbons (Fsp3) is 0.350. The smallest absolute Gasteiger partial charge is 0.340 e. The normalized spacial score (nSPS) is 16.9. The lowest BCUT2D eigenvalue weighted by Crippen LogP contribution is -2.32. The third kappa shape index (κ3) is 3.86. The summed E-state index contributed by atoms with van der Waals surface area (Å²) in [7, 11) is 0. The number of hydrogen-bond acceptors (Lipinski definition) is 5. The summed E-state index contributed by atoms with van der Waals surface area (Å²) in [5.41, 5.74) is 1.85. The number of aryl methyl sites for hydroxylation is 2. The molecule has 1 atom stereocenters. The SMILES string of the molecule is CCOC(=O)C1=C(O)C(=O)N(CCCn2ccnc2)[C@@H]1c1ccc(C)cc1. The minimum absolute atomic E-state index is 0.00772. The van der Waals surface area contributed by atoms with Crippen LogP contribution in [0.4, 0.5) is 0 Å². The number of benzene rings is 1. The van der Waals surface area contributed by atoms with Crippen LogP contribution in [0.1, 0.15) is 30.5 Å². The first-order chi connectivity index (χ1) is 13.0. The second-order valence-electron chi connectivity index (χ2n) is 6.45. The van der Waals surface area contributed by atoms with Crippen molar-refractivity contribution in [1.82, 2.24) is 14.5 Å². The summed E-state index contributed by atoms with van der Waals surface area (Å²) in [6.45, 7) is 4.90. The predicted octanol–water partition coefficient (Wildman–Crippen LogP) is 2.54. The number of hydrogen-bond donors (Lipinski definition) is 1. The Kier molecular flexibility index (Phi) is 5.59. The van der Waals surface area contributed by atoms with Crippen molar-refractivity contribution in [2.24, 2.45) is 0 Å². The number of aromatic nitrogens is 2. The van der Waals surface area contributed by atoms with Gasteiger partial charge in [-0.1, -0.05) is 29.8 Å². The molecule has 0 saturated heterocycles. The number of imidazole rings is 1. The van der Waals surface area contributed by atoms with Gasteiger partial charge in [-0.15, -0.1) is 0 Å². The molecule has 0 bridgehead atoms. The number of rotatable bonds is 7. The van der Waals surface area contributed by atoms with Gasteiger partial charge >= 0.3 is 5.97 Å². The Morgan fingerprint density at radius 1 is 1.26 bits per heavy atom. The molecule has 0 saturated carbocycles. The Morgan fingerprint density at radius 3 is 2.63 bits per heavy atom. The fourth-order valence-corrected chi connectivity index (χ4v) is 3.24. The summed E-state index contributed by atoms with van der Waals surface area (Å²) in [5.74, 6) is -1.73. The van der Waals surface area contributed by atoms with Gasteiger partial charge in [-0.25, -0.2) is 9.78 Å². The van der Waals surface area contributed by atoms with Crippen molar-refractivity contribution in [3.8, 4) is 0 Å². The highest BCUT2D eigenvalue weighted by molar-refractivity contribution is 6.06. The van der Waals surface area contributed by atoms with Crippen LogP contribution in [-0.4, -0.2) is 44.6 Å². The van der Waals surface area contributed by atoms with Crippen LogP contribution in [-0.2, 0) is 20.9 Å². The van der Waals surface area contributed by atoms with Gasteiger partial charge in [-0.05, 0) is 25.8 Å². The van der Waals surface area contributed by atoms with E-state index >= 15 is 0 Å². The maximum absolute atomic E-state index is 12.7. The molecule has 2 aromatic rings. The molecule has 142 valence electrons. The number of aliphatic hydroxyl groups is 1. The highest BCUT2D eigenvalue weighted by Crippen LogP contribution is 2.38. The second kappa shape index (κ2) is 8.07. The highest BCUT2D eigenvalue weighted by Gasteiger charge is 2.44. The number of ether oxygens (including phenoxy) is 1. The van der Waals surface area contributed by atoms with E-state index in [0.29, 0.717) is 19.5 Å². The molecule has 0 aliphatic carbocycles. The van der Waals surface area contributed by atoms with Crippen molar-refractivity contribution in [3.63, 3.8) is 0 Å². The third-order valence-corrected chi connectivity index (χ3v) is 4.57. The zero-order chi connectivity index (χ0) is 19.4. The molecule has 1 aromatic carbocycles. The monoisotopic (exact) mass is 369 g/mol. The van der Waals surface area contributed by atoms with E-state index in [0.717, 1.165) is 11.1 Å². The van der Waals surface area contributed by atoms with E-state index in [2.05, 4.69) is 4.98 Å². The number of carbonyl (C=O) groups is 2. The minimum atomic E-state index is -0.661. The van der Waals surface area contributed by atoms with Gasteiger partial charge in [-0.2, -0.15) is 0 Å². The number of nitrogens with zero attached hydrogens (tertiary/aromatic N) is 3. The quantitative estimate of drug-likeness (QED) is 0.758. The van der Waals surface area contributed by atoms with Gasteiger partial charge in [0.05, 0.1) is 19.0 Å². The van der Waals surface area contributed by atoms with E-state index < -0.39 is 23.7 Å². The van der Waals surface area contributed by atoms with Gasteiger partial charge in [-0.3, -0.25) is 4.79 Å². The van der Waals surface area contributed by atoms with Gasteiger partial charge in [0, 0.05) is 25.5 Å². The van der Waals surface area contributed by atoms with Crippen molar-refractivity contribution in [3.05, 3.63) is 65.4 Å². The predicted molar refractivity (Wildman–Crippen MR) is 98.8 cm³/mol. The average Bonchev–Trinajstić information content (AvgIpc) is 3.25. The molecule has 7 nitrogen and oxygen atoms in total. The van der Waals surface area contributed by atoms with Crippen LogP contribution in [0.25, 0.3) is 0 Å². The van der Waals surface area contributed by atoms with Crippen molar-refractivity contribution >= 4 is 11.9 Å². The molecule has 7 heteroatoms. The number of carbonyl (C=O) groups excluding carboxylic acids is 2. The lowest BCUT2D eigenvalue weighted by atomic mass is 9.98. The standard InChI is InChI=1S/C20H23N3O4/c1-3-27-20(26)16-17(15-7-5-14(2)6-8-15)23(19(25)18(16)24)11-4-10-22-12-9-21-13-22/h5-9,12-13,17,24H,3-4,10-11H2,1-2H3/t17-/m1/s1. The Bertz CT molecular complexity index is 841. The first-order valence-electron chi connectivity index (χ1n) is 8.96. The average molecular weight is 369 g/mol. The molecule has 1 aliphatic rings. The second-order valence-corrected chi connectivity index (χ2v) is 6.45. The molecule has 0 radical (unpaired) electrons. The van der Waals surface area contributed by atoms with E-state index in [9.17, 15) is 14.7 Å². The Balaban J connectivity index is 1.87.